The van der Waals surface area contributed by atoms with E-state index in [0.29, 0.717) is 0 Å². The lowest BCUT2D eigenvalue weighted by Gasteiger charge is -2.25. The van der Waals surface area contributed by atoms with Crippen molar-refractivity contribution < 1.29 is 0 Å². The number of anilines is 3. The van der Waals surface area contributed by atoms with Crippen molar-refractivity contribution >= 4 is 54.4 Å². The molecule has 0 saturated heterocycles. The molecule has 1 heterocycles. The van der Waals surface area contributed by atoms with Crippen LogP contribution in [0.3, 0.4) is 0 Å². The molecule has 29 heavy (non-hydrogen) atoms. The maximum atomic E-state index is 3.61. The molecular weight excluding hydrogens is 438 g/mol. The Morgan fingerprint density at radius 2 is 1.28 bits per heavy atom. The minimum absolute atomic E-state index is 1.07. The Bertz CT molecular complexity index is 1230. The van der Waals surface area contributed by atoms with Crippen LogP contribution in [-0.4, -0.2) is 0 Å². The molecule has 0 amide bonds. The molecule has 4 aromatic carbocycles. The second-order valence-corrected chi connectivity index (χ2v) is 8.85. The number of fused-ring (bicyclic) bond motifs is 1. The van der Waals surface area contributed by atoms with Crippen LogP contribution in [-0.2, 0) is 0 Å². The van der Waals surface area contributed by atoms with E-state index in [4.69, 9.17) is 0 Å². The van der Waals surface area contributed by atoms with Crippen LogP contribution in [0.25, 0.3) is 20.5 Å². The van der Waals surface area contributed by atoms with Crippen molar-refractivity contribution in [1.82, 2.24) is 0 Å². The summed E-state index contributed by atoms with van der Waals surface area (Å²) >= 11 is 5.45. The van der Waals surface area contributed by atoms with E-state index in [9.17, 15) is 0 Å². The van der Waals surface area contributed by atoms with Crippen molar-refractivity contribution in [2.45, 2.75) is 0 Å². The van der Waals surface area contributed by atoms with Crippen molar-refractivity contribution in [3.05, 3.63) is 114 Å². The highest BCUT2D eigenvalue weighted by Gasteiger charge is 2.13. The molecule has 0 spiro atoms. The van der Waals surface area contributed by atoms with Crippen LogP contribution in [0.1, 0.15) is 0 Å². The molecule has 0 bridgehead atoms. The number of thiophene rings is 1. The molecule has 0 N–H and O–H groups in total. The minimum Gasteiger partial charge on any atom is -0.310 e. The molecular formula is C26H18BrNS. The quantitative estimate of drug-likeness (QED) is 0.261. The predicted octanol–water partition coefficient (Wildman–Crippen LogP) is 8.80. The monoisotopic (exact) mass is 455 g/mol. The van der Waals surface area contributed by atoms with Crippen LogP contribution in [0.5, 0.6) is 0 Å². The lowest BCUT2D eigenvalue weighted by molar-refractivity contribution is 1.28. The molecule has 0 unspecified atom stereocenters. The van der Waals surface area contributed by atoms with Crippen molar-refractivity contribution in [2.75, 3.05) is 4.90 Å². The summed E-state index contributed by atoms with van der Waals surface area (Å²) in [7, 11) is 0. The highest BCUT2D eigenvalue weighted by atomic mass is 79.9. The predicted molar refractivity (Wildman–Crippen MR) is 130 cm³/mol. The van der Waals surface area contributed by atoms with Crippen LogP contribution < -0.4 is 4.90 Å². The van der Waals surface area contributed by atoms with Gasteiger partial charge in [-0.25, -0.2) is 0 Å². The van der Waals surface area contributed by atoms with E-state index < -0.39 is 0 Å². The molecule has 5 aromatic rings. The Morgan fingerprint density at radius 1 is 0.586 bits per heavy atom. The van der Waals surface area contributed by atoms with Gasteiger partial charge in [-0.1, -0.05) is 70.5 Å². The van der Waals surface area contributed by atoms with E-state index in [1.54, 1.807) is 0 Å². The Hall–Kier alpha value is -2.88. The van der Waals surface area contributed by atoms with E-state index in [1.807, 2.05) is 17.4 Å². The van der Waals surface area contributed by atoms with Gasteiger partial charge < -0.3 is 4.90 Å². The molecule has 1 aromatic heterocycles. The Kier molecular flexibility index (Phi) is 4.92. The van der Waals surface area contributed by atoms with E-state index in [-0.39, 0.29) is 0 Å². The highest BCUT2D eigenvalue weighted by Crippen LogP contribution is 2.38. The Labute approximate surface area is 183 Å². The first kappa shape index (κ1) is 18.2. The standard InChI is InChI=1S/C26H18BrNS/c27-21-8-6-11-24(18-21)28(22-9-2-1-3-10-22)23-15-13-19(14-16-23)26-17-20-7-4-5-12-25(20)29-26/h1-18H. The van der Waals surface area contributed by atoms with Gasteiger partial charge in [0.15, 0.2) is 0 Å². The second-order valence-electron chi connectivity index (χ2n) is 6.85. The fourth-order valence-corrected chi connectivity index (χ4v) is 4.99. The molecule has 0 aliphatic carbocycles. The summed E-state index contributed by atoms with van der Waals surface area (Å²) in [4.78, 5) is 3.57. The van der Waals surface area contributed by atoms with E-state index in [0.717, 1.165) is 21.5 Å². The molecule has 0 radical (unpaired) electrons. The number of halogens is 1. The van der Waals surface area contributed by atoms with Crippen LogP contribution in [0.4, 0.5) is 17.1 Å². The van der Waals surface area contributed by atoms with Gasteiger partial charge in [0, 0.05) is 31.1 Å². The number of hydrogen-bond acceptors (Lipinski definition) is 2. The fourth-order valence-electron chi connectivity index (χ4n) is 3.54. The van der Waals surface area contributed by atoms with Gasteiger partial charge in [0.1, 0.15) is 0 Å². The van der Waals surface area contributed by atoms with Gasteiger partial charge >= 0.3 is 0 Å². The second kappa shape index (κ2) is 7.86. The van der Waals surface area contributed by atoms with Crippen LogP contribution in [0.2, 0.25) is 0 Å². The summed E-state index contributed by atoms with van der Waals surface area (Å²) in [5.74, 6) is 0. The molecule has 1 nitrogen and oxygen atoms in total. The number of nitrogens with zero attached hydrogens (tertiary/aromatic N) is 1. The number of benzene rings is 4. The third-order valence-corrected chi connectivity index (χ3v) is 6.57. The molecule has 3 heteroatoms. The van der Waals surface area contributed by atoms with Gasteiger partial charge in [-0.2, -0.15) is 0 Å². The van der Waals surface area contributed by atoms with Gasteiger partial charge in [-0.3, -0.25) is 0 Å². The molecule has 0 saturated carbocycles. The van der Waals surface area contributed by atoms with Gasteiger partial charge in [0.05, 0.1) is 0 Å². The van der Waals surface area contributed by atoms with Gasteiger partial charge in [0.2, 0.25) is 0 Å². The van der Waals surface area contributed by atoms with E-state index in [2.05, 4.69) is 124 Å². The zero-order valence-electron chi connectivity index (χ0n) is 15.6. The van der Waals surface area contributed by atoms with Gasteiger partial charge in [-0.15, -0.1) is 11.3 Å². The summed E-state index contributed by atoms with van der Waals surface area (Å²) in [6.07, 6.45) is 0. The molecule has 5 rings (SSSR count). The number of hydrogen-bond donors (Lipinski definition) is 0. The largest absolute Gasteiger partial charge is 0.310 e. The Balaban J connectivity index is 1.56. The summed E-state index contributed by atoms with van der Waals surface area (Å²) in [6, 6.07) is 38.5. The van der Waals surface area contributed by atoms with E-state index >= 15 is 0 Å². The number of rotatable bonds is 4. The van der Waals surface area contributed by atoms with Gasteiger partial charge in [0.25, 0.3) is 0 Å². The smallest absolute Gasteiger partial charge is 0.0472 e. The number of para-hydroxylation sites is 1. The summed E-state index contributed by atoms with van der Waals surface area (Å²) in [5.41, 5.74) is 4.65. The molecule has 140 valence electrons. The van der Waals surface area contributed by atoms with Crippen molar-refractivity contribution in [1.29, 1.82) is 0 Å². The summed E-state index contributed by atoms with van der Waals surface area (Å²) in [6.45, 7) is 0. The maximum Gasteiger partial charge on any atom is 0.0472 e. The summed E-state index contributed by atoms with van der Waals surface area (Å²) in [5, 5.41) is 1.30. The molecule has 0 fully saturated rings. The van der Waals surface area contributed by atoms with Crippen LogP contribution in [0, 0.1) is 0 Å². The average molecular weight is 456 g/mol. The molecule has 0 atom stereocenters. The third-order valence-electron chi connectivity index (χ3n) is 4.92. The van der Waals surface area contributed by atoms with Crippen molar-refractivity contribution in [2.24, 2.45) is 0 Å². The lowest BCUT2D eigenvalue weighted by Crippen LogP contribution is -2.09. The van der Waals surface area contributed by atoms with Crippen molar-refractivity contribution in [3.63, 3.8) is 0 Å². The normalized spacial score (nSPS) is 10.9. The lowest BCUT2D eigenvalue weighted by atomic mass is 10.1. The Morgan fingerprint density at radius 3 is 2.03 bits per heavy atom. The average Bonchev–Trinajstić information content (AvgIpc) is 3.20. The van der Waals surface area contributed by atoms with Crippen molar-refractivity contribution in [3.8, 4) is 10.4 Å². The summed E-state index contributed by atoms with van der Waals surface area (Å²) < 4.78 is 2.39. The highest BCUT2D eigenvalue weighted by molar-refractivity contribution is 9.10. The first-order chi connectivity index (χ1) is 14.3. The minimum atomic E-state index is 1.07. The maximum absolute atomic E-state index is 3.61. The van der Waals surface area contributed by atoms with Crippen LogP contribution in [0.15, 0.2) is 114 Å². The first-order valence-corrected chi connectivity index (χ1v) is 11.1. The zero-order chi connectivity index (χ0) is 19.6. The SMILES string of the molecule is Brc1cccc(N(c2ccccc2)c2ccc(-c3cc4ccccc4s3)cc2)c1. The fraction of sp³-hybridized carbons (Fsp3) is 0. The first-order valence-electron chi connectivity index (χ1n) is 9.48. The third kappa shape index (κ3) is 3.71. The topological polar surface area (TPSA) is 3.24 Å². The zero-order valence-corrected chi connectivity index (χ0v) is 18.0. The molecule has 0 aliphatic heterocycles. The van der Waals surface area contributed by atoms with Crippen LogP contribution >= 0.6 is 27.3 Å². The molecule has 0 aliphatic rings. The van der Waals surface area contributed by atoms with Gasteiger partial charge in [-0.05, 0) is 65.5 Å². The van der Waals surface area contributed by atoms with E-state index in [1.165, 1.54) is 20.5 Å².